The van der Waals surface area contributed by atoms with Crippen molar-refractivity contribution in [3.05, 3.63) is 54.2 Å². The van der Waals surface area contributed by atoms with Gasteiger partial charge in [0.25, 0.3) is 0 Å². The highest BCUT2D eigenvalue weighted by Crippen LogP contribution is 2.32. The number of fused-ring (bicyclic) bond motifs is 1. The molecule has 0 bridgehead atoms. The van der Waals surface area contributed by atoms with Crippen LogP contribution >= 0.6 is 0 Å². The Kier molecular flexibility index (Phi) is 11.3. The number of carboxylic acid groups (broad SMARTS) is 2. The van der Waals surface area contributed by atoms with Gasteiger partial charge in [-0.2, -0.15) is 26.3 Å². The number of hydrogen-bond donors (Lipinski definition) is 3. The van der Waals surface area contributed by atoms with Crippen LogP contribution in [-0.4, -0.2) is 75.6 Å². The monoisotopic (exact) mass is 569 g/mol. The number of carboxylic acids is 2. The number of halogens is 6. The van der Waals surface area contributed by atoms with Crippen LogP contribution < -0.4 is 5.32 Å². The molecule has 0 unspecified atom stereocenters. The van der Waals surface area contributed by atoms with Gasteiger partial charge in [0, 0.05) is 38.1 Å². The molecule has 0 saturated carbocycles. The highest BCUT2D eigenvalue weighted by atomic mass is 19.4. The number of nitrogens with one attached hydrogen (secondary N) is 1. The normalized spacial score (nSPS) is 20.9. The summed E-state index contributed by atoms with van der Waals surface area (Å²) in [5, 5.41) is 17.3. The summed E-state index contributed by atoms with van der Waals surface area (Å²) in [5.41, 5.74) is 1.01. The Hall–Kier alpha value is -3.66. The van der Waals surface area contributed by atoms with Crippen LogP contribution in [0.2, 0.25) is 0 Å². The zero-order chi connectivity index (χ0) is 29.2. The summed E-state index contributed by atoms with van der Waals surface area (Å²) in [4.78, 5) is 36.9. The standard InChI is InChI=1S/C19H23N3O3.2C2HF3O2/c23-19(21-11-14-3-1-6-20-10-14)15-9-18-17(5-8-25-18)22(12-15)13-16-4-2-7-24-16;2*3-2(4,5)1(6)7/h1-4,6-7,10,15,17-18H,5,8-9,11-13H2,(H,21,23);2*(H,6,7)/t15-,17-,18-;;/m1../s1. The minimum atomic E-state index is -5.08. The molecule has 3 N–H and O–H groups in total. The number of piperidine rings is 1. The first-order chi connectivity index (χ1) is 18.2. The summed E-state index contributed by atoms with van der Waals surface area (Å²) < 4.78 is 74.9. The van der Waals surface area contributed by atoms with Gasteiger partial charge in [0.05, 0.1) is 24.8 Å². The van der Waals surface area contributed by atoms with Crippen LogP contribution in [0.1, 0.15) is 24.2 Å². The maximum Gasteiger partial charge on any atom is 0.490 e. The van der Waals surface area contributed by atoms with Crippen molar-refractivity contribution in [1.29, 1.82) is 0 Å². The molecule has 4 rings (SSSR count). The van der Waals surface area contributed by atoms with Crippen molar-refractivity contribution in [3.63, 3.8) is 0 Å². The van der Waals surface area contributed by atoms with E-state index in [2.05, 4.69) is 15.2 Å². The van der Waals surface area contributed by atoms with Crippen LogP contribution in [0.15, 0.2) is 47.3 Å². The highest BCUT2D eigenvalue weighted by Gasteiger charge is 2.42. The van der Waals surface area contributed by atoms with E-state index in [4.69, 9.17) is 29.0 Å². The van der Waals surface area contributed by atoms with E-state index in [1.807, 2.05) is 24.3 Å². The minimum absolute atomic E-state index is 0.0639. The fourth-order valence-electron chi connectivity index (χ4n) is 3.86. The number of nitrogens with zero attached hydrogens (tertiary/aromatic N) is 2. The van der Waals surface area contributed by atoms with Crippen LogP contribution in [0.3, 0.4) is 0 Å². The molecule has 0 aromatic carbocycles. The Labute approximate surface area is 217 Å². The Bertz CT molecular complexity index is 1040. The molecule has 0 spiro atoms. The summed E-state index contributed by atoms with van der Waals surface area (Å²) >= 11 is 0. The zero-order valence-corrected chi connectivity index (χ0v) is 20.1. The average Bonchev–Trinajstić information content (AvgIpc) is 3.55. The summed E-state index contributed by atoms with van der Waals surface area (Å²) in [6.07, 6.45) is -3.01. The number of aromatic nitrogens is 1. The topological polar surface area (TPSA) is 142 Å². The summed E-state index contributed by atoms with van der Waals surface area (Å²) in [7, 11) is 0. The Morgan fingerprint density at radius 1 is 1.05 bits per heavy atom. The van der Waals surface area contributed by atoms with E-state index in [-0.39, 0.29) is 17.9 Å². The maximum atomic E-state index is 12.7. The lowest BCUT2D eigenvalue weighted by molar-refractivity contribution is -0.193. The van der Waals surface area contributed by atoms with Crippen LogP contribution in [-0.2, 0) is 32.2 Å². The molecule has 3 atom stereocenters. The molecule has 2 aliphatic heterocycles. The number of aliphatic carboxylic acids is 2. The molecule has 216 valence electrons. The number of likely N-dealkylation sites (tertiary alicyclic amines) is 1. The molecular formula is C23H25F6N3O7. The average molecular weight is 569 g/mol. The Balaban J connectivity index is 0.000000317. The van der Waals surface area contributed by atoms with E-state index in [1.165, 1.54) is 0 Å². The lowest BCUT2D eigenvalue weighted by Crippen LogP contribution is -2.52. The summed E-state index contributed by atoms with van der Waals surface area (Å²) in [6, 6.07) is 8.11. The van der Waals surface area contributed by atoms with Crippen molar-refractivity contribution < 1.29 is 60.1 Å². The second-order valence-corrected chi connectivity index (χ2v) is 8.39. The summed E-state index contributed by atoms with van der Waals surface area (Å²) in [6.45, 7) is 2.75. The van der Waals surface area contributed by atoms with E-state index in [0.29, 0.717) is 12.6 Å². The smallest absolute Gasteiger partial charge is 0.475 e. The molecule has 0 aliphatic carbocycles. The predicted octanol–water partition coefficient (Wildman–Crippen LogP) is 3.24. The van der Waals surface area contributed by atoms with Gasteiger partial charge in [-0.3, -0.25) is 14.7 Å². The molecule has 0 radical (unpaired) electrons. The van der Waals surface area contributed by atoms with Crippen LogP contribution in [0.4, 0.5) is 26.3 Å². The van der Waals surface area contributed by atoms with Gasteiger partial charge in [-0.05, 0) is 36.6 Å². The molecule has 2 aliphatic rings. The third kappa shape index (κ3) is 10.6. The number of ether oxygens (including phenoxy) is 1. The first-order valence-corrected chi connectivity index (χ1v) is 11.3. The number of hydrogen-bond acceptors (Lipinski definition) is 7. The Morgan fingerprint density at radius 2 is 1.69 bits per heavy atom. The predicted molar refractivity (Wildman–Crippen MR) is 119 cm³/mol. The third-order valence-corrected chi connectivity index (χ3v) is 5.60. The Morgan fingerprint density at radius 3 is 2.21 bits per heavy atom. The number of pyridine rings is 1. The van der Waals surface area contributed by atoms with E-state index in [9.17, 15) is 31.1 Å². The van der Waals surface area contributed by atoms with Gasteiger partial charge in [0.15, 0.2) is 0 Å². The lowest BCUT2D eigenvalue weighted by atomic mass is 9.89. The van der Waals surface area contributed by atoms with E-state index in [1.54, 1.807) is 18.7 Å². The molecular weight excluding hydrogens is 544 g/mol. The molecule has 10 nitrogen and oxygen atoms in total. The molecule has 39 heavy (non-hydrogen) atoms. The molecule has 1 amide bonds. The fraction of sp³-hybridized carbons (Fsp3) is 0.478. The van der Waals surface area contributed by atoms with E-state index >= 15 is 0 Å². The second-order valence-electron chi connectivity index (χ2n) is 8.39. The van der Waals surface area contributed by atoms with Crippen molar-refractivity contribution in [2.75, 3.05) is 13.2 Å². The van der Waals surface area contributed by atoms with Crippen molar-refractivity contribution in [3.8, 4) is 0 Å². The van der Waals surface area contributed by atoms with Crippen molar-refractivity contribution in [1.82, 2.24) is 15.2 Å². The van der Waals surface area contributed by atoms with Crippen LogP contribution in [0, 0.1) is 5.92 Å². The van der Waals surface area contributed by atoms with Gasteiger partial charge >= 0.3 is 24.3 Å². The molecule has 4 heterocycles. The van der Waals surface area contributed by atoms with Gasteiger partial charge in [-0.15, -0.1) is 0 Å². The quantitative estimate of drug-likeness (QED) is 0.463. The molecule has 16 heteroatoms. The molecule has 2 aromatic heterocycles. The maximum absolute atomic E-state index is 12.7. The van der Waals surface area contributed by atoms with Crippen LogP contribution in [0.5, 0.6) is 0 Å². The SMILES string of the molecule is O=C(NCc1cccnc1)[C@@H]1C[C@H]2OCC[C@H]2N(Cc2ccco2)C1.O=C(O)C(F)(F)F.O=C(O)C(F)(F)F. The van der Waals surface area contributed by atoms with Crippen molar-refractivity contribution in [2.24, 2.45) is 5.92 Å². The lowest BCUT2D eigenvalue weighted by Gasteiger charge is -2.39. The van der Waals surface area contributed by atoms with Gasteiger partial charge in [-0.1, -0.05) is 6.07 Å². The molecule has 2 aromatic rings. The summed E-state index contributed by atoms with van der Waals surface area (Å²) in [5.74, 6) is -4.56. The largest absolute Gasteiger partial charge is 0.490 e. The number of alkyl halides is 6. The number of amides is 1. The van der Waals surface area contributed by atoms with Gasteiger partial charge < -0.3 is 24.7 Å². The second kappa shape index (κ2) is 13.9. The van der Waals surface area contributed by atoms with Gasteiger partial charge in [-0.25, -0.2) is 9.59 Å². The third-order valence-electron chi connectivity index (χ3n) is 5.60. The number of carbonyl (C=O) groups excluding carboxylic acids is 1. The van der Waals surface area contributed by atoms with Crippen molar-refractivity contribution >= 4 is 17.8 Å². The van der Waals surface area contributed by atoms with Crippen molar-refractivity contribution in [2.45, 2.75) is 50.4 Å². The van der Waals surface area contributed by atoms with Gasteiger partial charge in [0.1, 0.15) is 5.76 Å². The zero-order valence-electron chi connectivity index (χ0n) is 20.1. The number of rotatable bonds is 5. The first-order valence-electron chi connectivity index (χ1n) is 11.3. The minimum Gasteiger partial charge on any atom is -0.475 e. The first kappa shape index (κ1) is 31.6. The van der Waals surface area contributed by atoms with E-state index < -0.39 is 24.3 Å². The fourth-order valence-corrected chi connectivity index (χ4v) is 3.86. The van der Waals surface area contributed by atoms with Crippen LogP contribution in [0.25, 0.3) is 0 Å². The van der Waals surface area contributed by atoms with E-state index in [0.717, 1.165) is 43.9 Å². The highest BCUT2D eigenvalue weighted by molar-refractivity contribution is 5.79. The van der Waals surface area contributed by atoms with Gasteiger partial charge in [0.2, 0.25) is 5.91 Å². The molecule has 2 fully saturated rings. The molecule has 2 saturated heterocycles. The number of furan rings is 1. The number of carbonyl (C=O) groups is 3.